The van der Waals surface area contributed by atoms with Crippen molar-refractivity contribution < 1.29 is 9.59 Å². The summed E-state index contributed by atoms with van der Waals surface area (Å²) in [7, 11) is 0. The van der Waals surface area contributed by atoms with Crippen molar-refractivity contribution in [2.45, 2.75) is 79.4 Å². The van der Waals surface area contributed by atoms with Crippen molar-refractivity contribution in [2.24, 2.45) is 11.3 Å². The zero-order valence-electron chi connectivity index (χ0n) is 14.0. The summed E-state index contributed by atoms with van der Waals surface area (Å²) >= 11 is 0. The molecule has 1 aliphatic heterocycles. The van der Waals surface area contributed by atoms with Crippen molar-refractivity contribution in [2.75, 3.05) is 0 Å². The Balaban J connectivity index is 3.08. The van der Waals surface area contributed by atoms with Gasteiger partial charge in [0, 0.05) is 6.04 Å². The summed E-state index contributed by atoms with van der Waals surface area (Å²) in [5, 5.41) is 2.89. The normalized spacial score (nSPS) is 25.9. The molecule has 0 spiro atoms. The molecule has 4 nitrogen and oxygen atoms in total. The van der Waals surface area contributed by atoms with Crippen LogP contribution in [0.1, 0.15) is 61.3 Å². The average Bonchev–Trinajstić information content (AvgIpc) is 2.34. The first kappa shape index (κ1) is 17.0. The Hall–Kier alpha value is -1.06. The molecule has 1 fully saturated rings. The highest BCUT2D eigenvalue weighted by molar-refractivity contribution is 5.97. The second-order valence-electron chi connectivity index (χ2n) is 7.05. The van der Waals surface area contributed by atoms with E-state index in [4.69, 9.17) is 0 Å². The van der Waals surface area contributed by atoms with E-state index in [0.717, 1.165) is 12.8 Å². The van der Waals surface area contributed by atoms with Crippen molar-refractivity contribution in [1.29, 1.82) is 0 Å². The summed E-state index contributed by atoms with van der Waals surface area (Å²) in [4.78, 5) is 26.8. The number of nitrogens with zero attached hydrogens (tertiary/aromatic N) is 1. The van der Waals surface area contributed by atoms with Crippen molar-refractivity contribution in [3.8, 4) is 0 Å². The largest absolute Gasteiger partial charge is 0.342 e. The molecule has 3 unspecified atom stereocenters. The first-order valence-electron chi connectivity index (χ1n) is 7.77. The van der Waals surface area contributed by atoms with Gasteiger partial charge in [-0.05, 0) is 25.2 Å². The van der Waals surface area contributed by atoms with E-state index in [9.17, 15) is 9.59 Å². The molecule has 2 amide bonds. The van der Waals surface area contributed by atoms with Crippen molar-refractivity contribution >= 4 is 11.8 Å². The predicted octanol–water partition coefficient (Wildman–Crippen LogP) is 2.57. The lowest BCUT2D eigenvalue weighted by Crippen LogP contribution is -2.68. The number of carbonyl (C=O) groups excluding carboxylic acids is 2. The molecule has 1 saturated heterocycles. The van der Waals surface area contributed by atoms with Crippen LogP contribution in [0.25, 0.3) is 0 Å². The second-order valence-corrected chi connectivity index (χ2v) is 7.05. The molecule has 3 atom stereocenters. The lowest BCUT2D eigenvalue weighted by atomic mass is 9.82. The van der Waals surface area contributed by atoms with Crippen LogP contribution in [0.15, 0.2) is 0 Å². The van der Waals surface area contributed by atoms with Gasteiger partial charge in [-0.1, -0.05) is 47.5 Å². The number of hydrogen-bond acceptors (Lipinski definition) is 2. The van der Waals surface area contributed by atoms with Crippen LogP contribution in [0.2, 0.25) is 0 Å². The van der Waals surface area contributed by atoms with Crippen molar-refractivity contribution in [3.63, 3.8) is 0 Å². The van der Waals surface area contributed by atoms with E-state index in [2.05, 4.69) is 26.1 Å². The zero-order chi connectivity index (χ0) is 15.7. The topological polar surface area (TPSA) is 49.4 Å². The van der Waals surface area contributed by atoms with Gasteiger partial charge in [0.2, 0.25) is 11.8 Å². The molecule has 0 bridgehead atoms. The van der Waals surface area contributed by atoms with E-state index in [1.54, 1.807) is 0 Å². The van der Waals surface area contributed by atoms with Gasteiger partial charge in [-0.3, -0.25) is 9.59 Å². The maximum Gasteiger partial charge on any atom is 0.246 e. The minimum absolute atomic E-state index is 0.0395. The summed E-state index contributed by atoms with van der Waals surface area (Å²) in [6.07, 6.45) is 2.05. The molecular formula is C16H30N2O2. The Kier molecular flexibility index (Phi) is 5.22. The van der Waals surface area contributed by atoms with Crippen LogP contribution in [0.4, 0.5) is 0 Å². The summed E-state index contributed by atoms with van der Waals surface area (Å²) in [5.41, 5.74) is -0.265. The van der Waals surface area contributed by atoms with Gasteiger partial charge in [-0.2, -0.15) is 0 Å². The molecule has 0 saturated carbocycles. The maximum absolute atomic E-state index is 12.8. The van der Waals surface area contributed by atoms with Crippen LogP contribution in [0, 0.1) is 11.3 Å². The van der Waals surface area contributed by atoms with Gasteiger partial charge in [-0.15, -0.1) is 0 Å². The Labute approximate surface area is 123 Å². The lowest BCUT2D eigenvalue weighted by Gasteiger charge is -2.46. The fourth-order valence-electron chi connectivity index (χ4n) is 3.13. The highest BCUT2D eigenvalue weighted by atomic mass is 16.2. The Morgan fingerprint density at radius 2 is 1.70 bits per heavy atom. The lowest BCUT2D eigenvalue weighted by molar-refractivity contribution is -0.155. The number of amides is 2. The van der Waals surface area contributed by atoms with Gasteiger partial charge in [-0.25, -0.2) is 0 Å². The van der Waals surface area contributed by atoms with Crippen LogP contribution in [0.5, 0.6) is 0 Å². The number of nitrogens with one attached hydrogen (secondary N) is 1. The molecule has 1 aliphatic rings. The van der Waals surface area contributed by atoms with Gasteiger partial charge in [0.25, 0.3) is 0 Å². The summed E-state index contributed by atoms with van der Waals surface area (Å²) in [5.74, 6) is 0.458. The van der Waals surface area contributed by atoms with Crippen LogP contribution >= 0.6 is 0 Å². The molecule has 20 heavy (non-hydrogen) atoms. The van der Waals surface area contributed by atoms with E-state index in [1.165, 1.54) is 0 Å². The summed E-state index contributed by atoms with van der Waals surface area (Å²) in [6, 6.07) is -0.705. The highest BCUT2D eigenvalue weighted by Crippen LogP contribution is 2.29. The molecule has 1 N–H and O–H groups in total. The standard InChI is InChI=1S/C16H30N2O2/c1-8-12(9-2)10(3)18-11(4)14(19)17-13(15(18)20)16(5,6)7/h10-13H,8-9H2,1-7H3,(H,17,19). The highest BCUT2D eigenvalue weighted by Gasteiger charge is 2.45. The SMILES string of the molecule is CCC(CC)C(C)N1C(=O)C(C(C)(C)C)NC(=O)C1C. The molecule has 0 aromatic rings. The fourth-order valence-corrected chi connectivity index (χ4v) is 3.13. The Bertz CT molecular complexity index is 369. The molecule has 0 aromatic heterocycles. The monoisotopic (exact) mass is 282 g/mol. The van der Waals surface area contributed by atoms with E-state index in [0.29, 0.717) is 5.92 Å². The third-order valence-electron chi connectivity index (χ3n) is 4.62. The smallest absolute Gasteiger partial charge is 0.246 e. The van der Waals surface area contributed by atoms with Crippen LogP contribution < -0.4 is 5.32 Å². The Morgan fingerprint density at radius 1 is 1.20 bits per heavy atom. The van der Waals surface area contributed by atoms with Gasteiger partial charge >= 0.3 is 0 Å². The molecule has 1 heterocycles. The van der Waals surface area contributed by atoms with Crippen LogP contribution in [-0.2, 0) is 9.59 Å². The minimum Gasteiger partial charge on any atom is -0.342 e. The van der Waals surface area contributed by atoms with Crippen molar-refractivity contribution in [1.82, 2.24) is 10.2 Å². The fraction of sp³-hybridized carbons (Fsp3) is 0.875. The molecule has 0 aliphatic carbocycles. The van der Waals surface area contributed by atoms with Gasteiger partial charge in [0.05, 0.1) is 0 Å². The van der Waals surface area contributed by atoms with Gasteiger partial charge in [0.1, 0.15) is 12.1 Å². The number of carbonyl (C=O) groups is 2. The average molecular weight is 282 g/mol. The second kappa shape index (κ2) is 6.15. The summed E-state index contributed by atoms with van der Waals surface area (Å²) in [6.45, 7) is 14.2. The molecule has 0 aromatic carbocycles. The van der Waals surface area contributed by atoms with E-state index < -0.39 is 6.04 Å². The number of rotatable bonds is 4. The zero-order valence-corrected chi connectivity index (χ0v) is 14.0. The third-order valence-corrected chi connectivity index (χ3v) is 4.62. The van der Waals surface area contributed by atoms with E-state index in [-0.39, 0.29) is 29.3 Å². The molecule has 1 rings (SSSR count). The number of hydrogen-bond donors (Lipinski definition) is 1. The quantitative estimate of drug-likeness (QED) is 0.861. The summed E-state index contributed by atoms with van der Waals surface area (Å²) < 4.78 is 0. The van der Waals surface area contributed by atoms with Crippen LogP contribution in [0.3, 0.4) is 0 Å². The first-order valence-corrected chi connectivity index (χ1v) is 7.77. The van der Waals surface area contributed by atoms with Crippen LogP contribution in [-0.4, -0.2) is 34.8 Å². The molecular weight excluding hydrogens is 252 g/mol. The Morgan fingerprint density at radius 3 is 2.10 bits per heavy atom. The van der Waals surface area contributed by atoms with E-state index >= 15 is 0 Å². The van der Waals surface area contributed by atoms with Crippen molar-refractivity contribution in [3.05, 3.63) is 0 Å². The maximum atomic E-state index is 12.8. The van der Waals surface area contributed by atoms with E-state index in [1.807, 2.05) is 32.6 Å². The number of piperazine rings is 1. The first-order chi connectivity index (χ1) is 9.15. The molecule has 4 heteroatoms. The molecule has 0 radical (unpaired) electrons. The predicted molar refractivity (Wildman–Crippen MR) is 81.2 cm³/mol. The van der Waals surface area contributed by atoms with Gasteiger partial charge in [0.15, 0.2) is 0 Å². The molecule has 116 valence electrons. The minimum atomic E-state index is -0.428. The third kappa shape index (κ3) is 3.15. The van der Waals surface area contributed by atoms with Gasteiger partial charge < -0.3 is 10.2 Å².